The zero-order chi connectivity index (χ0) is 22.2. The number of nitrogens with one attached hydrogen (secondary N) is 3. The van der Waals surface area contributed by atoms with Crippen molar-refractivity contribution in [2.45, 2.75) is 55.7 Å². The second-order valence-corrected chi connectivity index (χ2v) is 11.5. The number of carbonyl (C=O) groups excluding carboxylic acids is 1. The number of hydrogen-bond acceptors (Lipinski definition) is 8. The Morgan fingerprint density at radius 3 is 2.74 bits per heavy atom. The molecule has 0 aromatic carbocycles. The molecular weight excluding hydrogens is 436 g/mol. The first kappa shape index (κ1) is 21.6. The molecule has 3 N–H and O–H groups in total. The lowest BCUT2D eigenvalue weighted by Gasteiger charge is -2.19. The third-order valence-electron chi connectivity index (χ3n) is 4.54. The zero-order valence-corrected chi connectivity index (χ0v) is 19.1. The van der Waals surface area contributed by atoms with E-state index in [0.29, 0.717) is 33.8 Å². The Labute approximate surface area is 184 Å². The second-order valence-electron chi connectivity index (χ2n) is 8.52. The SMILES string of the molecule is CC(C)(C)NS(=O)(=O)c1ccc(-c2ncc(CC=O)c(Nc3cc(C4CC4)[nH]n3)n2)s1. The van der Waals surface area contributed by atoms with Crippen molar-refractivity contribution in [2.24, 2.45) is 0 Å². The van der Waals surface area contributed by atoms with Crippen LogP contribution in [0, 0.1) is 0 Å². The number of carbonyl (C=O) groups is 1. The second kappa shape index (κ2) is 8.13. The normalized spacial score (nSPS) is 14.5. The summed E-state index contributed by atoms with van der Waals surface area (Å²) in [5.41, 5.74) is 1.12. The number of hydrogen-bond donors (Lipinski definition) is 3. The Morgan fingerprint density at radius 2 is 2.06 bits per heavy atom. The van der Waals surface area contributed by atoms with Gasteiger partial charge in [0.1, 0.15) is 16.3 Å². The fourth-order valence-corrected chi connectivity index (χ4v) is 5.70. The van der Waals surface area contributed by atoms with Crippen LogP contribution in [0.2, 0.25) is 0 Å². The Kier molecular flexibility index (Phi) is 5.67. The highest BCUT2D eigenvalue weighted by molar-refractivity contribution is 7.91. The summed E-state index contributed by atoms with van der Waals surface area (Å²) >= 11 is 1.09. The van der Waals surface area contributed by atoms with Crippen LogP contribution in [0.25, 0.3) is 10.7 Å². The summed E-state index contributed by atoms with van der Waals surface area (Å²) in [6, 6.07) is 5.16. The minimum atomic E-state index is -3.64. The molecule has 31 heavy (non-hydrogen) atoms. The highest BCUT2D eigenvalue weighted by Gasteiger charge is 2.26. The molecule has 1 aliphatic rings. The van der Waals surface area contributed by atoms with E-state index in [0.717, 1.165) is 36.2 Å². The molecular formula is C20H24N6O3S2. The lowest BCUT2D eigenvalue weighted by Crippen LogP contribution is -2.40. The van der Waals surface area contributed by atoms with Gasteiger partial charge in [0, 0.05) is 41.4 Å². The van der Waals surface area contributed by atoms with Crippen molar-refractivity contribution in [1.29, 1.82) is 0 Å². The molecule has 164 valence electrons. The van der Waals surface area contributed by atoms with E-state index in [1.807, 2.05) is 6.07 Å². The summed E-state index contributed by atoms with van der Waals surface area (Å²) in [6.07, 6.45) is 4.83. The van der Waals surface area contributed by atoms with E-state index in [1.54, 1.807) is 39.1 Å². The van der Waals surface area contributed by atoms with Crippen LogP contribution >= 0.6 is 11.3 Å². The molecule has 1 fully saturated rings. The van der Waals surface area contributed by atoms with Gasteiger partial charge in [0.25, 0.3) is 10.0 Å². The maximum absolute atomic E-state index is 12.6. The highest BCUT2D eigenvalue weighted by atomic mass is 32.2. The number of anilines is 2. The molecule has 0 radical (unpaired) electrons. The van der Waals surface area contributed by atoms with Crippen molar-refractivity contribution in [3.8, 4) is 10.7 Å². The van der Waals surface area contributed by atoms with Crippen LogP contribution in [0.4, 0.5) is 11.6 Å². The average Bonchev–Trinajstić information content (AvgIpc) is 3.21. The smallest absolute Gasteiger partial charge is 0.250 e. The van der Waals surface area contributed by atoms with E-state index in [9.17, 15) is 13.2 Å². The Balaban J connectivity index is 1.62. The van der Waals surface area contributed by atoms with E-state index >= 15 is 0 Å². The van der Waals surface area contributed by atoms with Gasteiger partial charge in [-0.1, -0.05) is 0 Å². The van der Waals surface area contributed by atoms with Crippen LogP contribution in [-0.4, -0.2) is 40.4 Å². The van der Waals surface area contributed by atoms with E-state index in [4.69, 9.17) is 0 Å². The van der Waals surface area contributed by atoms with Crippen LogP contribution in [0.1, 0.15) is 50.8 Å². The molecule has 4 rings (SSSR count). The lowest BCUT2D eigenvalue weighted by atomic mass is 10.1. The van der Waals surface area contributed by atoms with Crippen molar-refractivity contribution in [2.75, 3.05) is 5.32 Å². The van der Waals surface area contributed by atoms with Gasteiger partial charge in [0.15, 0.2) is 11.6 Å². The summed E-state index contributed by atoms with van der Waals surface area (Å²) in [6.45, 7) is 5.36. The molecule has 3 aromatic rings. The van der Waals surface area contributed by atoms with Crippen molar-refractivity contribution >= 4 is 39.3 Å². The van der Waals surface area contributed by atoms with E-state index < -0.39 is 15.6 Å². The number of aldehydes is 1. The molecule has 1 saturated carbocycles. The minimum absolute atomic E-state index is 0.155. The standard InChI is InChI=1S/C20H24N6O3S2/c1-20(2,3)26-31(28,29)17-7-6-15(30-17)19-21-11-13(8-9-27)18(23-19)22-16-10-14(24-25-16)12-4-5-12/h6-7,9-12,26H,4-5,8H2,1-3H3,(H2,21,22,23,24,25). The third kappa shape index (κ3) is 5.17. The first-order valence-corrected chi connectivity index (χ1v) is 12.2. The molecule has 0 bridgehead atoms. The summed E-state index contributed by atoms with van der Waals surface area (Å²) in [4.78, 5) is 20.6. The molecule has 1 aliphatic carbocycles. The van der Waals surface area contributed by atoms with Gasteiger partial charge in [0.2, 0.25) is 0 Å². The van der Waals surface area contributed by atoms with Gasteiger partial charge < -0.3 is 10.1 Å². The highest BCUT2D eigenvalue weighted by Crippen LogP contribution is 2.39. The first-order chi connectivity index (χ1) is 14.6. The molecule has 0 amide bonds. The fraction of sp³-hybridized carbons (Fsp3) is 0.400. The molecule has 0 unspecified atom stereocenters. The lowest BCUT2D eigenvalue weighted by molar-refractivity contribution is -0.107. The van der Waals surface area contributed by atoms with E-state index in [1.165, 1.54) is 0 Å². The number of nitrogens with zero attached hydrogens (tertiary/aromatic N) is 3. The van der Waals surface area contributed by atoms with Crippen LogP contribution in [-0.2, 0) is 21.2 Å². The molecule has 0 spiro atoms. The number of thiophene rings is 1. The topological polar surface area (TPSA) is 130 Å². The monoisotopic (exact) mass is 460 g/mol. The number of aromatic nitrogens is 4. The van der Waals surface area contributed by atoms with Crippen molar-refractivity contribution in [3.63, 3.8) is 0 Å². The predicted octanol–water partition coefficient (Wildman–Crippen LogP) is 3.37. The Bertz CT molecular complexity index is 1210. The minimum Gasteiger partial charge on any atom is -0.323 e. The van der Waals surface area contributed by atoms with Gasteiger partial charge in [-0.3, -0.25) is 5.10 Å². The molecule has 9 nitrogen and oxygen atoms in total. The van der Waals surface area contributed by atoms with Crippen LogP contribution < -0.4 is 10.0 Å². The first-order valence-electron chi connectivity index (χ1n) is 9.91. The largest absolute Gasteiger partial charge is 0.323 e. The molecule has 0 saturated heterocycles. The number of H-pyrrole nitrogens is 1. The molecule has 0 atom stereocenters. The number of rotatable bonds is 8. The Hall–Kier alpha value is -2.63. The number of sulfonamides is 1. The third-order valence-corrected chi connectivity index (χ3v) is 7.87. The van der Waals surface area contributed by atoms with E-state index in [-0.39, 0.29) is 10.6 Å². The maximum atomic E-state index is 12.6. The van der Waals surface area contributed by atoms with Crippen molar-refractivity contribution in [3.05, 3.63) is 35.7 Å². The van der Waals surface area contributed by atoms with Gasteiger partial charge in [-0.15, -0.1) is 11.3 Å². The molecule has 3 heterocycles. The van der Waals surface area contributed by atoms with Gasteiger partial charge in [-0.2, -0.15) is 5.10 Å². The summed E-state index contributed by atoms with van der Waals surface area (Å²) < 4.78 is 28.0. The maximum Gasteiger partial charge on any atom is 0.250 e. The summed E-state index contributed by atoms with van der Waals surface area (Å²) in [7, 11) is -3.64. The molecule has 0 aliphatic heterocycles. The zero-order valence-electron chi connectivity index (χ0n) is 17.5. The van der Waals surface area contributed by atoms with Crippen LogP contribution in [0.5, 0.6) is 0 Å². The molecule has 11 heteroatoms. The van der Waals surface area contributed by atoms with Crippen molar-refractivity contribution in [1.82, 2.24) is 24.9 Å². The number of aromatic amines is 1. The van der Waals surface area contributed by atoms with Gasteiger partial charge in [-0.05, 0) is 45.7 Å². The fourth-order valence-electron chi connectivity index (χ4n) is 3.04. The predicted molar refractivity (Wildman–Crippen MR) is 119 cm³/mol. The molecule has 3 aromatic heterocycles. The Morgan fingerprint density at radius 1 is 1.29 bits per heavy atom. The van der Waals surface area contributed by atoms with Crippen molar-refractivity contribution < 1.29 is 13.2 Å². The van der Waals surface area contributed by atoms with Gasteiger partial charge in [-0.25, -0.2) is 23.1 Å². The van der Waals surface area contributed by atoms with Gasteiger partial charge in [0.05, 0.1) is 4.88 Å². The summed E-state index contributed by atoms with van der Waals surface area (Å²) in [5, 5.41) is 10.5. The van der Waals surface area contributed by atoms with Gasteiger partial charge >= 0.3 is 0 Å². The van der Waals surface area contributed by atoms with E-state index in [2.05, 4.69) is 30.2 Å². The van der Waals surface area contributed by atoms with Crippen LogP contribution in [0.3, 0.4) is 0 Å². The summed E-state index contributed by atoms with van der Waals surface area (Å²) in [5.74, 6) is 1.99. The average molecular weight is 461 g/mol. The quantitative estimate of drug-likeness (QED) is 0.439. The van der Waals surface area contributed by atoms with Crippen LogP contribution in [0.15, 0.2) is 28.6 Å².